The average molecular weight is 436 g/mol. The van der Waals surface area contributed by atoms with Crippen molar-refractivity contribution in [2.75, 3.05) is 13.7 Å². The van der Waals surface area contributed by atoms with Crippen LogP contribution in [0.25, 0.3) is 6.08 Å². The summed E-state index contributed by atoms with van der Waals surface area (Å²) in [5.41, 5.74) is 1.56. The van der Waals surface area contributed by atoms with Gasteiger partial charge >= 0.3 is 0 Å². The highest BCUT2D eigenvalue weighted by molar-refractivity contribution is 6.35. The second-order valence-electron chi connectivity index (χ2n) is 6.58. The topological polar surface area (TPSA) is 47.6 Å². The van der Waals surface area contributed by atoms with Crippen molar-refractivity contribution in [2.45, 2.75) is 39.2 Å². The van der Waals surface area contributed by atoms with E-state index in [1.807, 2.05) is 12.1 Å². The maximum atomic E-state index is 11.9. The number of hydrogen-bond acceptors (Lipinski definition) is 3. The number of benzene rings is 2. The summed E-state index contributed by atoms with van der Waals surface area (Å²) in [4.78, 5) is 11.9. The first-order chi connectivity index (χ1) is 14.0. The molecule has 0 aliphatic carbocycles. The monoisotopic (exact) mass is 435 g/mol. The van der Waals surface area contributed by atoms with E-state index in [4.69, 9.17) is 32.7 Å². The van der Waals surface area contributed by atoms with E-state index in [0.29, 0.717) is 28.1 Å². The summed E-state index contributed by atoms with van der Waals surface area (Å²) < 4.78 is 11.3. The molecule has 0 aliphatic heterocycles. The van der Waals surface area contributed by atoms with Gasteiger partial charge < -0.3 is 14.8 Å². The average Bonchev–Trinajstić information content (AvgIpc) is 2.72. The smallest absolute Gasteiger partial charge is 0.243 e. The molecule has 156 valence electrons. The van der Waals surface area contributed by atoms with Crippen LogP contribution in [0.2, 0.25) is 10.0 Å². The van der Waals surface area contributed by atoms with Crippen LogP contribution in [0.1, 0.15) is 43.7 Å². The van der Waals surface area contributed by atoms with Crippen molar-refractivity contribution in [1.29, 1.82) is 0 Å². The second-order valence-corrected chi connectivity index (χ2v) is 7.40. The van der Waals surface area contributed by atoms with Crippen LogP contribution in [0.5, 0.6) is 11.5 Å². The van der Waals surface area contributed by atoms with Gasteiger partial charge in [0.15, 0.2) is 11.5 Å². The third kappa shape index (κ3) is 7.64. The summed E-state index contributed by atoms with van der Waals surface area (Å²) >= 11 is 12.4. The first-order valence-electron chi connectivity index (χ1n) is 9.74. The lowest BCUT2D eigenvalue weighted by atomic mass is 10.1. The van der Waals surface area contributed by atoms with E-state index in [1.165, 1.54) is 18.9 Å². The van der Waals surface area contributed by atoms with Crippen molar-refractivity contribution in [3.05, 3.63) is 63.6 Å². The molecule has 0 heterocycles. The van der Waals surface area contributed by atoms with E-state index in [9.17, 15) is 4.79 Å². The quantitative estimate of drug-likeness (QED) is 0.333. The maximum absolute atomic E-state index is 11.9. The van der Waals surface area contributed by atoms with Gasteiger partial charge in [-0.2, -0.15) is 0 Å². The van der Waals surface area contributed by atoms with E-state index in [-0.39, 0.29) is 12.5 Å². The van der Waals surface area contributed by atoms with E-state index in [0.717, 1.165) is 24.0 Å². The molecule has 0 unspecified atom stereocenters. The molecule has 0 spiro atoms. The number of hydrogen-bond donors (Lipinski definition) is 1. The van der Waals surface area contributed by atoms with Gasteiger partial charge in [-0.05, 0) is 42.3 Å². The van der Waals surface area contributed by atoms with Gasteiger partial charge in [0, 0.05) is 28.2 Å². The van der Waals surface area contributed by atoms with Crippen LogP contribution in [0.15, 0.2) is 42.5 Å². The highest BCUT2D eigenvalue weighted by Crippen LogP contribution is 2.31. The van der Waals surface area contributed by atoms with Crippen LogP contribution < -0.4 is 14.8 Å². The highest BCUT2D eigenvalue weighted by atomic mass is 35.5. The zero-order valence-corrected chi connectivity index (χ0v) is 18.4. The molecule has 1 amide bonds. The minimum Gasteiger partial charge on any atom is -0.493 e. The van der Waals surface area contributed by atoms with Crippen molar-refractivity contribution in [3.8, 4) is 11.5 Å². The molecule has 0 bridgehead atoms. The van der Waals surface area contributed by atoms with Gasteiger partial charge in [-0.15, -0.1) is 0 Å². The molecule has 2 aromatic rings. The van der Waals surface area contributed by atoms with Gasteiger partial charge in [0.25, 0.3) is 0 Å². The van der Waals surface area contributed by atoms with Crippen LogP contribution in [-0.4, -0.2) is 19.6 Å². The van der Waals surface area contributed by atoms with E-state index < -0.39 is 0 Å². The number of rotatable bonds is 11. The van der Waals surface area contributed by atoms with Crippen LogP contribution in [0.3, 0.4) is 0 Å². The summed E-state index contributed by atoms with van der Waals surface area (Å²) in [6, 6.07) is 10.8. The molecule has 6 heteroatoms. The summed E-state index contributed by atoms with van der Waals surface area (Å²) in [5, 5.41) is 4.00. The predicted octanol–water partition coefficient (Wildman–Crippen LogP) is 6.29. The van der Waals surface area contributed by atoms with Crippen molar-refractivity contribution in [3.63, 3.8) is 0 Å². The van der Waals surface area contributed by atoms with Gasteiger partial charge in [0.1, 0.15) is 6.61 Å². The van der Waals surface area contributed by atoms with Gasteiger partial charge in [-0.1, -0.05) is 61.5 Å². The van der Waals surface area contributed by atoms with Crippen LogP contribution >= 0.6 is 23.2 Å². The first-order valence-corrected chi connectivity index (χ1v) is 10.5. The van der Waals surface area contributed by atoms with Crippen molar-refractivity contribution in [2.24, 2.45) is 0 Å². The number of ether oxygens (including phenoxy) is 2. The number of carbonyl (C=O) groups is 1. The normalized spacial score (nSPS) is 10.9. The Morgan fingerprint density at radius 2 is 1.83 bits per heavy atom. The Balaban J connectivity index is 1.95. The van der Waals surface area contributed by atoms with Gasteiger partial charge in [0.05, 0.1) is 7.11 Å². The Kier molecular flexibility index (Phi) is 9.89. The summed E-state index contributed by atoms with van der Waals surface area (Å²) in [7, 11) is 1.57. The summed E-state index contributed by atoms with van der Waals surface area (Å²) in [6.07, 6.45) is 7.79. The van der Waals surface area contributed by atoms with Crippen LogP contribution in [0.4, 0.5) is 0 Å². The minimum absolute atomic E-state index is 0.103. The number of carbonyl (C=O) groups excluding carboxylic acids is 1. The molecule has 0 radical (unpaired) electrons. The lowest BCUT2D eigenvalue weighted by Gasteiger charge is -2.13. The molecule has 0 aliphatic rings. The Labute approximate surface area is 182 Å². The standard InChI is InChI=1S/C23H27Cl2NO3/c1-3-4-5-6-14-26-23(27)13-11-17-10-12-21(22(15-17)28-2)29-16-18-19(24)8-7-9-20(18)25/h7-13,15H,3-6,14,16H2,1-2H3,(H,26,27)/b13-11+. The molecule has 1 N–H and O–H groups in total. The Morgan fingerprint density at radius 3 is 2.52 bits per heavy atom. The van der Waals surface area contributed by atoms with Crippen molar-refractivity contribution < 1.29 is 14.3 Å². The molecule has 0 saturated carbocycles. The van der Waals surface area contributed by atoms with E-state index in [2.05, 4.69) is 12.2 Å². The van der Waals surface area contributed by atoms with Crippen molar-refractivity contribution in [1.82, 2.24) is 5.32 Å². The van der Waals surface area contributed by atoms with Crippen LogP contribution in [-0.2, 0) is 11.4 Å². The van der Waals surface area contributed by atoms with Gasteiger partial charge in [-0.25, -0.2) is 0 Å². The fraction of sp³-hybridized carbons (Fsp3) is 0.348. The molecule has 2 rings (SSSR count). The number of halogens is 2. The zero-order chi connectivity index (χ0) is 21.1. The molecule has 2 aromatic carbocycles. The zero-order valence-electron chi connectivity index (χ0n) is 16.8. The molecular formula is C23H27Cl2NO3. The van der Waals surface area contributed by atoms with Gasteiger partial charge in [-0.3, -0.25) is 4.79 Å². The largest absolute Gasteiger partial charge is 0.493 e. The Hall–Kier alpha value is -2.17. The fourth-order valence-corrected chi connectivity index (χ4v) is 3.23. The Bertz CT molecular complexity index is 817. The third-order valence-electron chi connectivity index (χ3n) is 4.38. The Morgan fingerprint density at radius 1 is 1.07 bits per heavy atom. The summed E-state index contributed by atoms with van der Waals surface area (Å²) in [6.45, 7) is 3.09. The molecular weight excluding hydrogens is 409 g/mol. The number of amides is 1. The maximum Gasteiger partial charge on any atom is 0.243 e. The molecule has 0 fully saturated rings. The van der Waals surface area contributed by atoms with Crippen molar-refractivity contribution >= 4 is 35.2 Å². The lowest BCUT2D eigenvalue weighted by molar-refractivity contribution is -0.116. The molecule has 0 atom stereocenters. The van der Waals surface area contributed by atoms with E-state index in [1.54, 1.807) is 37.5 Å². The first kappa shape index (κ1) is 23.1. The predicted molar refractivity (Wildman–Crippen MR) is 120 cm³/mol. The number of methoxy groups -OCH3 is 1. The molecule has 29 heavy (non-hydrogen) atoms. The minimum atomic E-state index is -0.103. The van der Waals surface area contributed by atoms with Gasteiger partial charge in [0.2, 0.25) is 5.91 Å². The van der Waals surface area contributed by atoms with E-state index >= 15 is 0 Å². The lowest BCUT2D eigenvalue weighted by Crippen LogP contribution is -2.21. The molecule has 0 aromatic heterocycles. The molecule has 4 nitrogen and oxygen atoms in total. The highest BCUT2D eigenvalue weighted by Gasteiger charge is 2.10. The third-order valence-corrected chi connectivity index (χ3v) is 5.09. The SMILES string of the molecule is CCCCCCNC(=O)/C=C/c1ccc(OCc2c(Cl)cccc2Cl)c(OC)c1. The number of nitrogens with one attached hydrogen (secondary N) is 1. The molecule has 0 saturated heterocycles. The fourth-order valence-electron chi connectivity index (χ4n) is 2.72. The summed E-state index contributed by atoms with van der Waals surface area (Å²) in [5.74, 6) is 1.03. The van der Waals surface area contributed by atoms with Crippen LogP contribution in [0, 0.1) is 0 Å². The second kappa shape index (κ2) is 12.4. The number of unbranched alkanes of at least 4 members (excludes halogenated alkanes) is 3.